The van der Waals surface area contributed by atoms with Gasteiger partial charge in [-0.3, -0.25) is 0 Å². The first-order chi connectivity index (χ1) is 7.42. The Balaban J connectivity index is 2.09. The largest absolute Gasteiger partial charge is 0.369 e. The number of piperidine rings is 1. The molecule has 1 saturated heterocycles. The number of hydrogen-bond acceptors (Lipinski definition) is 2. The smallest absolute Gasteiger partial charge is 0.0368 e. The SMILES string of the molecule is CCN(c1ccccc1)C1CCNCC1. The van der Waals surface area contributed by atoms with Gasteiger partial charge in [-0.25, -0.2) is 0 Å². The molecule has 1 heterocycles. The van der Waals surface area contributed by atoms with Crippen LogP contribution in [0.5, 0.6) is 0 Å². The van der Waals surface area contributed by atoms with Crippen molar-refractivity contribution in [3.63, 3.8) is 0 Å². The zero-order chi connectivity index (χ0) is 10.5. The predicted octanol–water partition coefficient (Wildman–Crippen LogP) is 2.26. The molecule has 0 aromatic heterocycles. The third kappa shape index (κ3) is 2.51. The molecule has 0 radical (unpaired) electrons. The lowest BCUT2D eigenvalue weighted by molar-refractivity contribution is 0.433. The van der Waals surface area contributed by atoms with Crippen molar-refractivity contribution in [3.8, 4) is 0 Å². The average molecular weight is 204 g/mol. The van der Waals surface area contributed by atoms with Crippen LogP contribution in [-0.2, 0) is 0 Å². The summed E-state index contributed by atoms with van der Waals surface area (Å²) in [5, 5.41) is 3.42. The van der Waals surface area contributed by atoms with Crippen molar-refractivity contribution in [2.45, 2.75) is 25.8 Å². The molecule has 0 unspecified atom stereocenters. The van der Waals surface area contributed by atoms with E-state index in [1.807, 2.05) is 0 Å². The van der Waals surface area contributed by atoms with E-state index in [1.54, 1.807) is 0 Å². The second kappa shape index (κ2) is 5.17. The molecule has 15 heavy (non-hydrogen) atoms. The minimum atomic E-state index is 0.721. The van der Waals surface area contributed by atoms with E-state index in [9.17, 15) is 0 Å². The maximum Gasteiger partial charge on any atom is 0.0368 e. The average Bonchev–Trinajstić information content (AvgIpc) is 2.33. The lowest BCUT2D eigenvalue weighted by Gasteiger charge is -2.35. The second-order valence-electron chi connectivity index (χ2n) is 4.10. The van der Waals surface area contributed by atoms with Gasteiger partial charge in [-0.15, -0.1) is 0 Å². The van der Waals surface area contributed by atoms with E-state index in [1.165, 1.54) is 18.5 Å². The molecule has 0 atom stereocenters. The third-order valence-electron chi connectivity index (χ3n) is 3.18. The number of hydrogen-bond donors (Lipinski definition) is 1. The molecule has 0 amide bonds. The van der Waals surface area contributed by atoms with Crippen LogP contribution in [0.2, 0.25) is 0 Å². The Labute approximate surface area is 92.3 Å². The topological polar surface area (TPSA) is 15.3 Å². The third-order valence-corrected chi connectivity index (χ3v) is 3.18. The van der Waals surface area contributed by atoms with E-state index in [2.05, 4.69) is 47.5 Å². The first kappa shape index (κ1) is 10.5. The minimum absolute atomic E-state index is 0.721. The lowest BCUT2D eigenvalue weighted by Crippen LogP contribution is -2.43. The van der Waals surface area contributed by atoms with Gasteiger partial charge < -0.3 is 10.2 Å². The fourth-order valence-corrected chi connectivity index (χ4v) is 2.39. The molecule has 2 nitrogen and oxygen atoms in total. The van der Waals surface area contributed by atoms with Crippen LogP contribution in [0.15, 0.2) is 30.3 Å². The summed E-state index contributed by atoms with van der Waals surface area (Å²) < 4.78 is 0. The molecule has 1 aliphatic rings. The van der Waals surface area contributed by atoms with Crippen LogP contribution in [0.3, 0.4) is 0 Å². The Hall–Kier alpha value is -1.02. The summed E-state index contributed by atoms with van der Waals surface area (Å²) in [7, 11) is 0. The predicted molar refractivity (Wildman–Crippen MR) is 65.4 cm³/mol. The fourth-order valence-electron chi connectivity index (χ4n) is 2.39. The fraction of sp³-hybridized carbons (Fsp3) is 0.538. The maximum atomic E-state index is 3.42. The molecule has 0 spiro atoms. The van der Waals surface area contributed by atoms with Crippen LogP contribution in [-0.4, -0.2) is 25.7 Å². The summed E-state index contributed by atoms with van der Waals surface area (Å²) in [6.45, 7) is 5.67. The summed E-state index contributed by atoms with van der Waals surface area (Å²) in [6.07, 6.45) is 2.53. The van der Waals surface area contributed by atoms with Gasteiger partial charge in [0.15, 0.2) is 0 Å². The van der Waals surface area contributed by atoms with Gasteiger partial charge in [-0.05, 0) is 45.0 Å². The Kier molecular flexibility index (Phi) is 3.62. The van der Waals surface area contributed by atoms with Crippen molar-refractivity contribution in [3.05, 3.63) is 30.3 Å². The summed E-state index contributed by atoms with van der Waals surface area (Å²) in [5.41, 5.74) is 1.37. The van der Waals surface area contributed by atoms with Crippen molar-refractivity contribution < 1.29 is 0 Å². The summed E-state index contributed by atoms with van der Waals surface area (Å²) in [5.74, 6) is 0. The normalized spacial score (nSPS) is 17.7. The molecular weight excluding hydrogens is 184 g/mol. The zero-order valence-corrected chi connectivity index (χ0v) is 9.45. The van der Waals surface area contributed by atoms with Crippen LogP contribution < -0.4 is 10.2 Å². The highest BCUT2D eigenvalue weighted by atomic mass is 15.2. The molecule has 1 aromatic carbocycles. The van der Waals surface area contributed by atoms with Crippen LogP contribution in [0.1, 0.15) is 19.8 Å². The number of nitrogens with zero attached hydrogens (tertiary/aromatic N) is 1. The van der Waals surface area contributed by atoms with Gasteiger partial charge in [0.1, 0.15) is 0 Å². The van der Waals surface area contributed by atoms with Gasteiger partial charge in [0.25, 0.3) is 0 Å². The Bertz CT molecular complexity index is 278. The minimum Gasteiger partial charge on any atom is -0.369 e. The molecule has 1 aliphatic heterocycles. The van der Waals surface area contributed by atoms with Crippen molar-refractivity contribution in [2.24, 2.45) is 0 Å². The molecule has 1 aromatic rings. The number of rotatable bonds is 3. The van der Waals surface area contributed by atoms with E-state index in [-0.39, 0.29) is 0 Å². The molecule has 2 rings (SSSR count). The Morgan fingerprint density at radius 1 is 1.20 bits per heavy atom. The lowest BCUT2D eigenvalue weighted by atomic mass is 10.0. The molecular formula is C13H20N2. The highest BCUT2D eigenvalue weighted by Crippen LogP contribution is 2.20. The monoisotopic (exact) mass is 204 g/mol. The van der Waals surface area contributed by atoms with Gasteiger partial charge in [-0.2, -0.15) is 0 Å². The van der Waals surface area contributed by atoms with Crippen LogP contribution in [0, 0.1) is 0 Å². The van der Waals surface area contributed by atoms with Crippen LogP contribution in [0.25, 0.3) is 0 Å². The van der Waals surface area contributed by atoms with Gasteiger partial charge in [0.2, 0.25) is 0 Å². The van der Waals surface area contributed by atoms with E-state index in [4.69, 9.17) is 0 Å². The number of benzene rings is 1. The number of nitrogens with one attached hydrogen (secondary N) is 1. The highest BCUT2D eigenvalue weighted by Gasteiger charge is 2.19. The van der Waals surface area contributed by atoms with Crippen LogP contribution >= 0.6 is 0 Å². The number of anilines is 1. The van der Waals surface area contributed by atoms with Crippen molar-refractivity contribution >= 4 is 5.69 Å². The van der Waals surface area contributed by atoms with Crippen molar-refractivity contribution in [2.75, 3.05) is 24.5 Å². The van der Waals surface area contributed by atoms with Crippen molar-refractivity contribution in [1.82, 2.24) is 5.32 Å². The van der Waals surface area contributed by atoms with Gasteiger partial charge in [-0.1, -0.05) is 18.2 Å². The maximum absolute atomic E-state index is 3.42. The first-order valence-electron chi connectivity index (χ1n) is 5.94. The van der Waals surface area contributed by atoms with Gasteiger partial charge >= 0.3 is 0 Å². The zero-order valence-electron chi connectivity index (χ0n) is 9.45. The van der Waals surface area contributed by atoms with E-state index < -0.39 is 0 Å². The van der Waals surface area contributed by atoms with E-state index >= 15 is 0 Å². The molecule has 1 fully saturated rings. The molecule has 0 saturated carbocycles. The molecule has 0 bridgehead atoms. The summed E-state index contributed by atoms with van der Waals surface area (Å²) in [4.78, 5) is 2.53. The number of para-hydroxylation sites is 1. The summed E-state index contributed by atoms with van der Waals surface area (Å²) in [6, 6.07) is 11.5. The Morgan fingerprint density at radius 3 is 2.47 bits per heavy atom. The quantitative estimate of drug-likeness (QED) is 0.812. The standard InChI is InChI=1S/C13H20N2/c1-2-15(12-6-4-3-5-7-12)13-8-10-14-11-9-13/h3-7,13-14H,2,8-11H2,1H3. The van der Waals surface area contributed by atoms with Gasteiger partial charge in [0.05, 0.1) is 0 Å². The van der Waals surface area contributed by atoms with Crippen LogP contribution in [0.4, 0.5) is 5.69 Å². The summed E-state index contributed by atoms with van der Waals surface area (Å²) >= 11 is 0. The second-order valence-corrected chi connectivity index (χ2v) is 4.10. The van der Waals surface area contributed by atoms with E-state index in [0.29, 0.717) is 0 Å². The molecule has 2 heteroatoms. The highest BCUT2D eigenvalue weighted by molar-refractivity contribution is 5.47. The molecule has 1 N–H and O–H groups in total. The van der Waals surface area contributed by atoms with E-state index in [0.717, 1.165) is 25.7 Å². The van der Waals surface area contributed by atoms with Gasteiger partial charge in [0, 0.05) is 18.3 Å². The molecule has 82 valence electrons. The molecule has 0 aliphatic carbocycles. The van der Waals surface area contributed by atoms with Crippen molar-refractivity contribution in [1.29, 1.82) is 0 Å². The first-order valence-corrected chi connectivity index (χ1v) is 5.94. The Morgan fingerprint density at radius 2 is 1.87 bits per heavy atom.